The second-order valence-corrected chi connectivity index (χ2v) is 14.6. The zero-order valence-electron chi connectivity index (χ0n) is 28.5. The molecule has 246 valence electrons. The molecule has 0 N–H and O–H groups in total. The Kier molecular flexibility index (Phi) is 6.73. The fourth-order valence-electron chi connectivity index (χ4n) is 7.95. The molecule has 0 saturated heterocycles. The monoisotopic (exact) mass is 691 g/mol. The van der Waals surface area contributed by atoms with Crippen LogP contribution in [0.3, 0.4) is 0 Å². The van der Waals surface area contributed by atoms with E-state index in [0.29, 0.717) is 17.5 Å². The van der Waals surface area contributed by atoms with Crippen molar-refractivity contribution >= 4 is 43.0 Å². The molecule has 0 atom stereocenters. The first-order valence-electron chi connectivity index (χ1n) is 17.9. The Hall–Kier alpha value is -6.75. The molecule has 0 saturated carbocycles. The van der Waals surface area contributed by atoms with E-state index in [1.165, 1.54) is 70.1 Å². The molecule has 2 aromatic heterocycles. The van der Waals surface area contributed by atoms with Gasteiger partial charge in [-0.3, -0.25) is 0 Å². The average Bonchev–Trinajstić information content (AvgIpc) is 3.59. The Morgan fingerprint density at radius 2 is 0.849 bits per heavy atom. The van der Waals surface area contributed by atoms with Crippen LogP contribution in [0, 0.1) is 0 Å². The van der Waals surface area contributed by atoms with Gasteiger partial charge in [0.2, 0.25) is 0 Å². The summed E-state index contributed by atoms with van der Waals surface area (Å²) in [6.45, 7) is 0. The van der Waals surface area contributed by atoms with Crippen LogP contribution in [-0.2, 0) is 0 Å². The van der Waals surface area contributed by atoms with E-state index in [0.717, 1.165) is 22.1 Å². The average molecular weight is 692 g/mol. The first-order chi connectivity index (χ1) is 26.3. The smallest absolute Gasteiger partial charge is 0.164 e. The number of thiophene rings is 1. The summed E-state index contributed by atoms with van der Waals surface area (Å²) in [5.41, 5.74) is 11.7. The lowest BCUT2D eigenvalue weighted by atomic mass is 9.93. The molecular weight excluding hydrogens is 663 g/mol. The van der Waals surface area contributed by atoms with Crippen LogP contribution in [-0.4, -0.2) is 15.0 Å². The van der Waals surface area contributed by atoms with Crippen LogP contribution >= 0.6 is 11.3 Å². The van der Waals surface area contributed by atoms with Gasteiger partial charge in [0.05, 0.1) is 0 Å². The van der Waals surface area contributed by atoms with Crippen molar-refractivity contribution in [3.8, 4) is 78.0 Å². The Bertz CT molecular complexity index is 3050. The number of rotatable bonds is 4. The summed E-state index contributed by atoms with van der Waals surface area (Å²) in [5.74, 6) is 1.96. The summed E-state index contributed by atoms with van der Waals surface area (Å²) in [6.07, 6.45) is 0. The van der Waals surface area contributed by atoms with Crippen molar-refractivity contribution in [1.82, 2.24) is 15.0 Å². The molecule has 0 radical (unpaired) electrons. The summed E-state index contributed by atoms with van der Waals surface area (Å²) in [7, 11) is 0. The summed E-state index contributed by atoms with van der Waals surface area (Å²) in [4.78, 5) is 16.4. The normalized spacial score (nSPS) is 11.8. The van der Waals surface area contributed by atoms with E-state index < -0.39 is 0 Å². The lowest BCUT2D eigenvalue weighted by Gasteiger charge is -2.12. The van der Waals surface area contributed by atoms with E-state index in [9.17, 15) is 0 Å². The SMILES string of the molecule is c1ccc(-c2nc(-c3ccc(-c4sc5c6c(cc7ccccc75)-c5ccccc5-c5ccccc5-c46)cc3)nc(-c3ccc4ccccc4c3)n2)cc1. The number of fused-ring (bicyclic) bond motifs is 8. The Balaban J connectivity index is 1.10. The number of hydrogen-bond donors (Lipinski definition) is 0. The van der Waals surface area contributed by atoms with Gasteiger partial charge in [-0.05, 0) is 67.1 Å². The number of aromatic nitrogens is 3. The zero-order chi connectivity index (χ0) is 34.9. The highest BCUT2D eigenvalue weighted by Crippen LogP contribution is 2.55. The number of nitrogens with zero attached hydrogens (tertiary/aromatic N) is 3. The number of benzene rings is 8. The molecule has 0 unspecified atom stereocenters. The Morgan fingerprint density at radius 1 is 0.340 bits per heavy atom. The first kappa shape index (κ1) is 29.9. The minimum absolute atomic E-state index is 0.650. The van der Waals surface area contributed by atoms with Crippen LogP contribution in [0.5, 0.6) is 0 Å². The molecule has 0 spiro atoms. The van der Waals surface area contributed by atoms with Crippen LogP contribution in [0.1, 0.15) is 0 Å². The minimum atomic E-state index is 0.650. The largest absolute Gasteiger partial charge is 0.208 e. The third-order valence-electron chi connectivity index (χ3n) is 10.5. The highest BCUT2D eigenvalue weighted by atomic mass is 32.1. The maximum absolute atomic E-state index is 5.08. The Labute approximate surface area is 310 Å². The molecule has 1 aliphatic rings. The first-order valence-corrected chi connectivity index (χ1v) is 18.7. The van der Waals surface area contributed by atoms with E-state index in [2.05, 4.69) is 158 Å². The van der Waals surface area contributed by atoms with Crippen molar-refractivity contribution in [2.24, 2.45) is 0 Å². The molecule has 4 heteroatoms. The van der Waals surface area contributed by atoms with Crippen molar-refractivity contribution in [2.75, 3.05) is 0 Å². The molecule has 3 nitrogen and oxygen atoms in total. The van der Waals surface area contributed by atoms with Crippen molar-refractivity contribution in [2.45, 2.75) is 0 Å². The fourth-order valence-corrected chi connectivity index (χ4v) is 9.33. The van der Waals surface area contributed by atoms with Crippen LogP contribution < -0.4 is 0 Å². The minimum Gasteiger partial charge on any atom is -0.208 e. The van der Waals surface area contributed by atoms with Gasteiger partial charge >= 0.3 is 0 Å². The summed E-state index contributed by atoms with van der Waals surface area (Å²) in [6, 6.07) is 62.7. The molecule has 53 heavy (non-hydrogen) atoms. The predicted molar refractivity (Wildman–Crippen MR) is 222 cm³/mol. The molecule has 11 rings (SSSR count). The van der Waals surface area contributed by atoms with Gasteiger partial charge in [0.15, 0.2) is 17.5 Å². The van der Waals surface area contributed by atoms with Gasteiger partial charge in [0, 0.05) is 37.2 Å². The van der Waals surface area contributed by atoms with E-state index in [1.807, 2.05) is 29.5 Å². The lowest BCUT2D eigenvalue weighted by Crippen LogP contribution is -2.00. The van der Waals surface area contributed by atoms with E-state index in [1.54, 1.807) is 0 Å². The topological polar surface area (TPSA) is 38.7 Å². The third-order valence-corrected chi connectivity index (χ3v) is 11.7. The van der Waals surface area contributed by atoms with Gasteiger partial charge in [-0.1, -0.05) is 164 Å². The quantitative estimate of drug-likeness (QED) is 0.184. The fraction of sp³-hybridized carbons (Fsp3) is 0. The number of hydrogen-bond acceptors (Lipinski definition) is 4. The molecule has 0 bridgehead atoms. The molecule has 0 amide bonds. The lowest BCUT2D eigenvalue weighted by molar-refractivity contribution is 1.07. The Morgan fingerprint density at radius 3 is 1.58 bits per heavy atom. The van der Waals surface area contributed by atoms with Gasteiger partial charge in [0.1, 0.15) is 0 Å². The molecule has 0 fully saturated rings. The molecule has 10 aromatic rings. The standard InChI is InChI=1S/C49H29N3S/c1-2-13-32(14-3-1)47-50-48(52-49(51-47)36-27-22-30-12-4-5-15-34(30)28-36)33-25-23-31(24-26-33)45-43-41-21-11-10-19-39(41)38-18-8-9-20-40(38)42-29-35-16-6-7-17-37(35)46(53-45)44(42)43/h1-29H. The summed E-state index contributed by atoms with van der Waals surface area (Å²) < 4.78 is 1.32. The highest BCUT2D eigenvalue weighted by Gasteiger charge is 2.27. The second kappa shape index (κ2) is 11.9. The third kappa shape index (κ3) is 4.84. The summed E-state index contributed by atoms with van der Waals surface area (Å²) >= 11 is 1.89. The maximum Gasteiger partial charge on any atom is 0.164 e. The predicted octanol–water partition coefficient (Wildman–Crippen LogP) is 13.4. The van der Waals surface area contributed by atoms with E-state index in [-0.39, 0.29) is 0 Å². The molecular formula is C49H29N3S. The van der Waals surface area contributed by atoms with Gasteiger partial charge in [-0.15, -0.1) is 11.3 Å². The summed E-state index contributed by atoms with van der Waals surface area (Å²) in [5, 5.41) is 6.22. The van der Waals surface area contributed by atoms with Crippen LogP contribution in [0.15, 0.2) is 176 Å². The second-order valence-electron chi connectivity index (χ2n) is 13.6. The van der Waals surface area contributed by atoms with E-state index >= 15 is 0 Å². The van der Waals surface area contributed by atoms with Crippen molar-refractivity contribution < 1.29 is 0 Å². The zero-order valence-corrected chi connectivity index (χ0v) is 29.3. The van der Waals surface area contributed by atoms with Crippen LogP contribution in [0.2, 0.25) is 0 Å². The van der Waals surface area contributed by atoms with Crippen LogP contribution in [0.4, 0.5) is 0 Å². The van der Waals surface area contributed by atoms with Gasteiger partial charge in [-0.25, -0.2) is 15.0 Å². The van der Waals surface area contributed by atoms with Crippen molar-refractivity contribution in [3.05, 3.63) is 176 Å². The van der Waals surface area contributed by atoms with E-state index in [4.69, 9.17) is 15.0 Å². The van der Waals surface area contributed by atoms with Gasteiger partial charge in [0.25, 0.3) is 0 Å². The highest BCUT2D eigenvalue weighted by molar-refractivity contribution is 7.24. The maximum atomic E-state index is 5.08. The molecule has 8 aromatic carbocycles. The van der Waals surface area contributed by atoms with Crippen molar-refractivity contribution in [1.29, 1.82) is 0 Å². The molecule has 2 heterocycles. The van der Waals surface area contributed by atoms with Crippen LogP contribution in [0.25, 0.3) is 110 Å². The molecule has 0 aliphatic heterocycles. The molecule has 1 aliphatic carbocycles. The van der Waals surface area contributed by atoms with Crippen molar-refractivity contribution in [3.63, 3.8) is 0 Å². The van der Waals surface area contributed by atoms with Gasteiger partial charge in [-0.2, -0.15) is 0 Å². The van der Waals surface area contributed by atoms with Gasteiger partial charge < -0.3 is 0 Å².